The molecule has 2 rings (SSSR count). The van der Waals surface area contributed by atoms with Gasteiger partial charge in [0.25, 0.3) is 0 Å². The highest BCUT2D eigenvalue weighted by molar-refractivity contribution is 9.10. The van der Waals surface area contributed by atoms with Crippen LogP contribution in [0, 0.1) is 5.92 Å². The number of hydrogen-bond acceptors (Lipinski definition) is 1. The number of aromatic hydroxyl groups is 1. The Balaban J connectivity index is 2.47. The van der Waals surface area contributed by atoms with Gasteiger partial charge in [0.05, 0.1) is 0 Å². The number of phenols is 1. The van der Waals surface area contributed by atoms with E-state index in [2.05, 4.69) is 36.4 Å². The zero-order chi connectivity index (χ0) is 11.9. The van der Waals surface area contributed by atoms with Crippen LogP contribution in [-0.2, 0) is 0 Å². The molecule has 1 aliphatic rings. The van der Waals surface area contributed by atoms with Gasteiger partial charge in [-0.05, 0) is 47.9 Å². The molecule has 1 aromatic rings. The van der Waals surface area contributed by atoms with Gasteiger partial charge in [0.2, 0.25) is 0 Å². The molecule has 1 nitrogen and oxygen atoms in total. The van der Waals surface area contributed by atoms with Crippen molar-refractivity contribution in [2.45, 2.75) is 32.6 Å². The molecule has 0 saturated heterocycles. The highest BCUT2D eigenvalue weighted by Gasteiger charge is 2.27. The molecular weight excluding hydrogens is 264 g/mol. The summed E-state index contributed by atoms with van der Waals surface area (Å²) < 4.78 is 1.02. The van der Waals surface area contributed by atoms with Crippen molar-refractivity contribution < 1.29 is 5.11 Å². The van der Waals surface area contributed by atoms with Crippen LogP contribution in [0.5, 0.6) is 5.75 Å². The highest BCUT2D eigenvalue weighted by Crippen LogP contribution is 2.45. The summed E-state index contributed by atoms with van der Waals surface area (Å²) in [5, 5.41) is 10.2. The Morgan fingerprint density at radius 2 is 2.06 bits per heavy atom. The Bertz CT molecular complexity index is 431. The van der Waals surface area contributed by atoms with Crippen LogP contribution in [-0.4, -0.2) is 5.11 Å². The largest absolute Gasteiger partial charge is 0.507 e. The van der Waals surface area contributed by atoms with Crippen LogP contribution >= 0.6 is 15.9 Å². The van der Waals surface area contributed by atoms with Gasteiger partial charge in [0, 0.05) is 10.0 Å². The Kier molecular flexibility index (Phi) is 3.11. The summed E-state index contributed by atoms with van der Waals surface area (Å²) in [6.45, 7) is 8.29. The Labute approximate surface area is 105 Å². The standard InChI is InChI=1S/C14H17BrO/c1-8(2)12-6-11(15)7-13(14(12)16)9(3)10-4-5-10/h6-8,10,16H,3-5H2,1-2H3. The molecule has 16 heavy (non-hydrogen) atoms. The smallest absolute Gasteiger partial charge is 0.126 e. The van der Waals surface area contributed by atoms with Gasteiger partial charge in [0.1, 0.15) is 5.75 Å². The van der Waals surface area contributed by atoms with Crippen molar-refractivity contribution in [1.82, 2.24) is 0 Å². The van der Waals surface area contributed by atoms with Crippen LogP contribution in [0.4, 0.5) is 0 Å². The second-order valence-corrected chi connectivity index (χ2v) is 5.76. The average molecular weight is 281 g/mol. The maximum absolute atomic E-state index is 10.2. The van der Waals surface area contributed by atoms with Crippen LogP contribution in [0.25, 0.3) is 5.57 Å². The number of halogens is 1. The molecule has 1 fully saturated rings. The van der Waals surface area contributed by atoms with Crippen molar-refractivity contribution in [3.63, 3.8) is 0 Å². The summed E-state index contributed by atoms with van der Waals surface area (Å²) in [6, 6.07) is 3.96. The molecule has 0 spiro atoms. The van der Waals surface area contributed by atoms with E-state index >= 15 is 0 Å². The van der Waals surface area contributed by atoms with E-state index in [1.165, 1.54) is 12.8 Å². The lowest BCUT2D eigenvalue weighted by atomic mass is 9.94. The third kappa shape index (κ3) is 2.17. The van der Waals surface area contributed by atoms with Gasteiger partial charge in [-0.3, -0.25) is 0 Å². The summed E-state index contributed by atoms with van der Waals surface area (Å²) in [6.07, 6.45) is 2.42. The molecule has 0 aromatic heterocycles. The Hall–Kier alpha value is -0.760. The molecule has 2 heteroatoms. The van der Waals surface area contributed by atoms with E-state index in [0.29, 0.717) is 17.6 Å². The van der Waals surface area contributed by atoms with E-state index in [1.807, 2.05) is 12.1 Å². The number of allylic oxidation sites excluding steroid dienone is 1. The Morgan fingerprint density at radius 3 is 2.56 bits per heavy atom. The van der Waals surface area contributed by atoms with Gasteiger partial charge in [0.15, 0.2) is 0 Å². The number of rotatable bonds is 3. The van der Waals surface area contributed by atoms with Crippen LogP contribution in [0.15, 0.2) is 23.2 Å². The van der Waals surface area contributed by atoms with Gasteiger partial charge in [-0.2, -0.15) is 0 Å². The van der Waals surface area contributed by atoms with E-state index in [0.717, 1.165) is 21.2 Å². The summed E-state index contributed by atoms with van der Waals surface area (Å²) in [4.78, 5) is 0. The van der Waals surface area contributed by atoms with Crippen molar-refractivity contribution in [2.75, 3.05) is 0 Å². The summed E-state index contributed by atoms with van der Waals surface area (Å²) >= 11 is 3.50. The molecule has 0 radical (unpaired) electrons. The lowest BCUT2D eigenvalue weighted by Crippen LogP contribution is -1.94. The average Bonchev–Trinajstić information content (AvgIpc) is 3.03. The van der Waals surface area contributed by atoms with E-state index < -0.39 is 0 Å². The molecule has 1 aromatic carbocycles. The van der Waals surface area contributed by atoms with Crippen LogP contribution < -0.4 is 0 Å². The van der Waals surface area contributed by atoms with E-state index in [-0.39, 0.29) is 0 Å². The Morgan fingerprint density at radius 1 is 1.44 bits per heavy atom. The van der Waals surface area contributed by atoms with Gasteiger partial charge >= 0.3 is 0 Å². The van der Waals surface area contributed by atoms with Gasteiger partial charge < -0.3 is 5.11 Å². The third-order valence-electron chi connectivity index (χ3n) is 3.14. The molecule has 1 aliphatic carbocycles. The molecule has 86 valence electrons. The molecule has 0 aliphatic heterocycles. The normalized spacial score (nSPS) is 15.5. The monoisotopic (exact) mass is 280 g/mol. The zero-order valence-electron chi connectivity index (χ0n) is 9.76. The van der Waals surface area contributed by atoms with Gasteiger partial charge in [-0.15, -0.1) is 0 Å². The fourth-order valence-electron chi connectivity index (χ4n) is 1.96. The minimum atomic E-state index is 0.322. The first-order valence-electron chi connectivity index (χ1n) is 5.72. The topological polar surface area (TPSA) is 20.2 Å². The predicted molar refractivity (Wildman–Crippen MR) is 71.7 cm³/mol. The highest BCUT2D eigenvalue weighted by atomic mass is 79.9. The van der Waals surface area contributed by atoms with Crippen LogP contribution in [0.3, 0.4) is 0 Å². The van der Waals surface area contributed by atoms with Crippen molar-refractivity contribution in [3.05, 3.63) is 34.3 Å². The molecule has 0 unspecified atom stereocenters. The maximum atomic E-state index is 10.2. The fourth-order valence-corrected chi connectivity index (χ4v) is 2.43. The van der Waals surface area contributed by atoms with Crippen LogP contribution in [0.2, 0.25) is 0 Å². The van der Waals surface area contributed by atoms with E-state index in [4.69, 9.17) is 0 Å². The number of benzene rings is 1. The van der Waals surface area contributed by atoms with Crippen LogP contribution in [0.1, 0.15) is 43.7 Å². The van der Waals surface area contributed by atoms with E-state index in [1.54, 1.807) is 0 Å². The second kappa shape index (κ2) is 4.25. The number of phenolic OH excluding ortho intramolecular Hbond substituents is 1. The molecule has 1 saturated carbocycles. The minimum Gasteiger partial charge on any atom is -0.507 e. The van der Waals surface area contributed by atoms with E-state index in [9.17, 15) is 5.11 Å². The first-order valence-corrected chi connectivity index (χ1v) is 6.51. The molecule has 0 atom stereocenters. The van der Waals surface area contributed by atoms with Crippen molar-refractivity contribution in [1.29, 1.82) is 0 Å². The lowest BCUT2D eigenvalue weighted by Gasteiger charge is -2.15. The van der Waals surface area contributed by atoms with Crippen molar-refractivity contribution in [2.24, 2.45) is 5.92 Å². The lowest BCUT2D eigenvalue weighted by molar-refractivity contribution is 0.462. The number of hydrogen-bond donors (Lipinski definition) is 1. The SMILES string of the molecule is C=C(c1cc(Br)cc(C(C)C)c1O)C1CC1. The maximum Gasteiger partial charge on any atom is 0.126 e. The van der Waals surface area contributed by atoms with Crippen molar-refractivity contribution in [3.8, 4) is 5.75 Å². The molecule has 0 bridgehead atoms. The molecule has 0 heterocycles. The van der Waals surface area contributed by atoms with Gasteiger partial charge in [-0.1, -0.05) is 36.4 Å². The quantitative estimate of drug-likeness (QED) is 0.851. The first kappa shape index (κ1) is 11.7. The molecular formula is C14H17BrO. The van der Waals surface area contributed by atoms with Gasteiger partial charge in [-0.25, -0.2) is 0 Å². The molecule has 0 amide bonds. The summed E-state index contributed by atoms with van der Waals surface area (Å²) in [5.41, 5.74) is 2.99. The van der Waals surface area contributed by atoms with Crippen molar-refractivity contribution >= 4 is 21.5 Å². The third-order valence-corrected chi connectivity index (χ3v) is 3.60. The first-order chi connectivity index (χ1) is 7.50. The summed E-state index contributed by atoms with van der Waals surface area (Å²) in [7, 11) is 0. The predicted octanol–water partition coefficient (Wildman–Crippen LogP) is 4.70. The molecule has 1 N–H and O–H groups in total. The second-order valence-electron chi connectivity index (χ2n) is 4.85. The fraction of sp³-hybridized carbons (Fsp3) is 0.429. The zero-order valence-corrected chi connectivity index (χ0v) is 11.3. The minimum absolute atomic E-state index is 0.322. The summed E-state index contributed by atoms with van der Waals surface area (Å²) in [5.74, 6) is 1.32.